The quantitative estimate of drug-likeness (QED) is 0.752. The van der Waals surface area contributed by atoms with Crippen molar-refractivity contribution in [1.29, 1.82) is 0 Å². The average Bonchev–Trinajstić information content (AvgIpc) is 3.30. The largest absolute Gasteiger partial charge is 0.331 e. The van der Waals surface area contributed by atoms with Gasteiger partial charge in [0, 0.05) is 36.5 Å². The van der Waals surface area contributed by atoms with Crippen LogP contribution in [0.4, 0.5) is 4.39 Å². The number of carbonyl (C=O) groups excluding carboxylic acids is 1. The van der Waals surface area contributed by atoms with Crippen LogP contribution in [-0.2, 0) is 13.6 Å². The van der Waals surface area contributed by atoms with E-state index in [1.807, 2.05) is 30.5 Å². The summed E-state index contributed by atoms with van der Waals surface area (Å²) in [7, 11) is 1.91. The predicted octanol–water partition coefficient (Wildman–Crippen LogP) is 3.37. The fourth-order valence-electron chi connectivity index (χ4n) is 3.44. The number of nitrogens with one attached hydrogen (secondary N) is 1. The zero-order chi connectivity index (χ0) is 19.1. The van der Waals surface area contributed by atoms with Gasteiger partial charge in [-0.25, -0.2) is 4.39 Å². The number of nitrogens with zero attached hydrogens (tertiary/aromatic N) is 4. The van der Waals surface area contributed by atoms with Crippen LogP contribution in [0.2, 0.25) is 0 Å². The third-order valence-corrected chi connectivity index (χ3v) is 5.22. The first-order valence-corrected chi connectivity index (χ1v) is 9.05. The summed E-state index contributed by atoms with van der Waals surface area (Å²) in [5, 5.41) is 11.4. The molecule has 0 saturated heterocycles. The van der Waals surface area contributed by atoms with Crippen LogP contribution in [0.25, 0.3) is 11.3 Å². The number of aromatic amines is 1. The Morgan fingerprint density at radius 3 is 2.78 bits per heavy atom. The molecule has 140 valence electrons. The molecule has 4 rings (SSSR count). The second-order valence-electron chi connectivity index (χ2n) is 7.11. The molecular weight excluding hydrogens is 345 g/mol. The van der Waals surface area contributed by atoms with Crippen LogP contribution in [-0.4, -0.2) is 36.8 Å². The van der Waals surface area contributed by atoms with E-state index < -0.39 is 0 Å². The standard InChI is InChI=1S/C20H22FN5O/c1-12-18(13(2)25(3)24-12)11-26(16-7-8-16)20(27)17-10-22-23-19(17)14-5-4-6-15(21)9-14/h4-6,9-10,16H,7-8,11H2,1-3H3,(H,22,23). The Kier molecular flexibility index (Phi) is 4.30. The van der Waals surface area contributed by atoms with Crippen molar-refractivity contribution < 1.29 is 9.18 Å². The normalized spacial score (nSPS) is 13.8. The van der Waals surface area contributed by atoms with Gasteiger partial charge in [-0.05, 0) is 38.8 Å². The number of hydrogen-bond acceptors (Lipinski definition) is 3. The summed E-state index contributed by atoms with van der Waals surface area (Å²) in [4.78, 5) is 15.2. The molecule has 1 fully saturated rings. The Morgan fingerprint density at radius 2 is 2.15 bits per heavy atom. The average molecular weight is 367 g/mol. The number of aromatic nitrogens is 4. The van der Waals surface area contributed by atoms with Crippen LogP contribution >= 0.6 is 0 Å². The molecule has 3 aromatic rings. The van der Waals surface area contributed by atoms with Crippen LogP contribution in [0.1, 0.15) is 40.2 Å². The molecule has 2 heterocycles. The number of hydrogen-bond donors (Lipinski definition) is 1. The van der Waals surface area contributed by atoms with Gasteiger partial charge in [0.15, 0.2) is 0 Å². The number of amides is 1. The zero-order valence-electron chi connectivity index (χ0n) is 15.7. The number of H-pyrrole nitrogens is 1. The van der Waals surface area contributed by atoms with Gasteiger partial charge in [0.1, 0.15) is 5.82 Å². The Labute approximate surface area is 157 Å². The number of carbonyl (C=O) groups is 1. The van der Waals surface area contributed by atoms with Crippen LogP contribution < -0.4 is 0 Å². The van der Waals surface area contributed by atoms with Crippen LogP contribution in [0.3, 0.4) is 0 Å². The van der Waals surface area contributed by atoms with Gasteiger partial charge < -0.3 is 4.90 Å². The lowest BCUT2D eigenvalue weighted by atomic mass is 10.1. The van der Waals surface area contributed by atoms with E-state index in [4.69, 9.17) is 0 Å². The van der Waals surface area contributed by atoms with Crippen LogP contribution in [0, 0.1) is 19.7 Å². The van der Waals surface area contributed by atoms with Crippen LogP contribution in [0.5, 0.6) is 0 Å². The van der Waals surface area contributed by atoms with Gasteiger partial charge >= 0.3 is 0 Å². The molecule has 1 saturated carbocycles. The molecule has 1 aromatic carbocycles. The first-order chi connectivity index (χ1) is 13.0. The topological polar surface area (TPSA) is 66.8 Å². The molecule has 2 aromatic heterocycles. The molecule has 1 amide bonds. The molecular formula is C20H22FN5O. The van der Waals surface area contributed by atoms with Gasteiger partial charge in [-0.2, -0.15) is 10.2 Å². The van der Waals surface area contributed by atoms with E-state index in [1.54, 1.807) is 12.1 Å². The highest BCUT2D eigenvalue weighted by Crippen LogP contribution is 2.32. The molecule has 1 N–H and O–H groups in total. The highest BCUT2D eigenvalue weighted by Gasteiger charge is 2.35. The monoisotopic (exact) mass is 367 g/mol. The summed E-state index contributed by atoms with van der Waals surface area (Å²) < 4.78 is 15.5. The van der Waals surface area contributed by atoms with E-state index in [0.717, 1.165) is 29.8 Å². The molecule has 7 heteroatoms. The third kappa shape index (κ3) is 3.25. The zero-order valence-corrected chi connectivity index (χ0v) is 15.7. The van der Waals surface area contributed by atoms with Gasteiger partial charge in [-0.15, -0.1) is 0 Å². The Balaban J connectivity index is 1.67. The molecule has 1 aliphatic carbocycles. The van der Waals surface area contributed by atoms with Crippen molar-refractivity contribution in [3.05, 3.63) is 58.8 Å². The number of halogens is 1. The first kappa shape index (κ1) is 17.5. The molecule has 0 atom stereocenters. The van der Waals surface area contributed by atoms with Gasteiger partial charge in [0.2, 0.25) is 0 Å². The third-order valence-electron chi connectivity index (χ3n) is 5.22. The summed E-state index contributed by atoms with van der Waals surface area (Å²) in [6, 6.07) is 6.41. The smallest absolute Gasteiger partial charge is 0.258 e. The molecule has 6 nitrogen and oxygen atoms in total. The van der Waals surface area contributed by atoms with E-state index in [2.05, 4.69) is 15.3 Å². The highest BCUT2D eigenvalue weighted by atomic mass is 19.1. The lowest BCUT2D eigenvalue weighted by Gasteiger charge is -2.23. The number of rotatable bonds is 5. The SMILES string of the molecule is Cc1nn(C)c(C)c1CN(C(=O)c1cn[nH]c1-c1cccc(F)c1)C1CC1. The maximum atomic E-state index is 13.6. The van der Waals surface area contributed by atoms with Crippen molar-refractivity contribution in [2.45, 2.75) is 39.3 Å². The molecule has 0 radical (unpaired) electrons. The Hall–Kier alpha value is -2.96. The molecule has 0 spiro atoms. The number of aryl methyl sites for hydroxylation is 2. The van der Waals surface area contributed by atoms with Gasteiger partial charge in [-0.1, -0.05) is 12.1 Å². The number of benzene rings is 1. The van der Waals surface area contributed by atoms with Crippen molar-refractivity contribution in [2.75, 3.05) is 0 Å². The fraction of sp³-hybridized carbons (Fsp3) is 0.350. The summed E-state index contributed by atoms with van der Waals surface area (Å²) in [5.41, 5.74) is 4.69. The van der Waals surface area contributed by atoms with Crippen molar-refractivity contribution >= 4 is 5.91 Å². The van der Waals surface area contributed by atoms with E-state index in [-0.39, 0.29) is 17.8 Å². The molecule has 1 aliphatic rings. The van der Waals surface area contributed by atoms with Gasteiger partial charge in [0.25, 0.3) is 5.91 Å². The maximum Gasteiger partial charge on any atom is 0.258 e. The van der Waals surface area contributed by atoms with Crippen molar-refractivity contribution in [2.24, 2.45) is 7.05 Å². The predicted molar refractivity (Wildman–Crippen MR) is 99.6 cm³/mol. The molecule has 27 heavy (non-hydrogen) atoms. The summed E-state index contributed by atoms with van der Waals surface area (Å²) in [6.45, 7) is 4.50. The molecule has 0 aliphatic heterocycles. The first-order valence-electron chi connectivity index (χ1n) is 9.05. The molecule has 0 unspecified atom stereocenters. The van der Waals surface area contributed by atoms with Crippen LogP contribution in [0.15, 0.2) is 30.5 Å². The lowest BCUT2D eigenvalue weighted by molar-refractivity contribution is 0.0730. The Morgan fingerprint density at radius 1 is 1.37 bits per heavy atom. The second kappa shape index (κ2) is 6.64. The minimum absolute atomic E-state index is 0.0897. The molecule has 0 bridgehead atoms. The minimum atomic E-state index is -0.346. The van der Waals surface area contributed by atoms with E-state index in [1.165, 1.54) is 18.3 Å². The second-order valence-corrected chi connectivity index (χ2v) is 7.11. The summed E-state index contributed by atoms with van der Waals surface area (Å²) in [6.07, 6.45) is 3.52. The van der Waals surface area contributed by atoms with Crippen molar-refractivity contribution in [1.82, 2.24) is 24.9 Å². The lowest BCUT2D eigenvalue weighted by Crippen LogP contribution is -2.33. The maximum absolute atomic E-state index is 13.6. The Bertz CT molecular complexity index is 1000. The summed E-state index contributed by atoms with van der Waals surface area (Å²) >= 11 is 0. The minimum Gasteiger partial charge on any atom is -0.331 e. The van der Waals surface area contributed by atoms with Crippen molar-refractivity contribution in [3.8, 4) is 11.3 Å². The van der Waals surface area contributed by atoms with Gasteiger partial charge in [0.05, 0.1) is 23.1 Å². The fourth-order valence-corrected chi connectivity index (χ4v) is 3.44. The van der Waals surface area contributed by atoms with Crippen molar-refractivity contribution in [3.63, 3.8) is 0 Å². The van der Waals surface area contributed by atoms with E-state index in [9.17, 15) is 9.18 Å². The summed E-state index contributed by atoms with van der Waals surface area (Å²) in [5.74, 6) is -0.436. The van der Waals surface area contributed by atoms with E-state index in [0.29, 0.717) is 23.4 Å². The van der Waals surface area contributed by atoms with E-state index >= 15 is 0 Å². The highest BCUT2D eigenvalue weighted by molar-refractivity contribution is 6.00. The van der Waals surface area contributed by atoms with Gasteiger partial charge in [-0.3, -0.25) is 14.6 Å².